The fourth-order valence-corrected chi connectivity index (χ4v) is 1.92. The van der Waals surface area contributed by atoms with Gasteiger partial charge in [-0.25, -0.2) is 4.98 Å². The Morgan fingerprint density at radius 3 is 2.65 bits per heavy atom. The largest absolute Gasteiger partial charge is 0.411 e. The van der Waals surface area contributed by atoms with Crippen molar-refractivity contribution in [1.82, 2.24) is 4.98 Å². The molecule has 1 rings (SSSR count). The van der Waals surface area contributed by atoms with E-state index >= 15 is 0 Å². The third-order valence-corrected chi connectivity index (χ3v) is 2.96. The number of hydrogen-bond donors (Lipinski definition) is 1. The van der Waals surface area contributed by atoms with Gasteiger partial charge in [0.25, 0.3) is 0 Å². The Morgan fingerprint density at radius 2 is 2.12 bits per heavy atom. The molecule has 0 spiro atoms. The fraction of sp³-hybridized carbons (Fsp3) is 0.700. The Bertz CT molecular complexity index is 352. The summed E-state index contributed by atoms with van der Waals surface area (Å²) in [5, 5.41) is 2.28. The highest BCUT2D eigenvalue weighted by Crippen LogP contribution is 2.22. The van der Waals surface area contributed by atoms with E-state index in [1.165, 1.54) is 11.3 Å². The molecule has 0 saturated heterocycles. The maximum atomic E-state index is 11.8. The van der Waals surface area contributed by atoms with Crippen LogP contribution in [0.15, 0.2) is 5.38 Å². The standard InChI is InChI=1S/C10H15F3N2OS/c1-6(2)9(14)7-4-17-8(15-7)3-16-5-10(11,12)13/h4,6,9H,3,5,14H2,1-2H3. The van der Waals surface area contributed by atoms with Crippen LogP contribution in [-0.2, 0) is 11.3 Å². The molecule has 7 heteroatoms. The van der Waals surface area contributed by atoms with Crippen molar-refractivity contribution in [3.8, 4) is 0 Å². The Labute approximate surface area is 102 Å². The molecule has 0 aliphatic rings. The van der Waals surface area contributed by atoms with Gasteiger partial charge in [0.15, 0.2) is 0 Å². The summed E-state index contributed by atoms with van der Waals surface area (Å²) in [7, 11) is 0. The van der Waals surface area contributed by atoms with Crippen molar-refractivity contribution < 1.29 is 17.9 Å². The molecule has 17 heavy (non-hydrogen) atoms. The van der Waals surface area contributed by atoms with Crippen LogP contribution in [0.5, 0.6) is 0 Å². The lowest BCUT2D eigenvalue weighted by molar-refractivity contribution is -0.176. The van der Waals surface area contributed by atoms with Crippen molar-refractivity contribution in [3.63, 3.8) is 0 Å². The molecule has 3 nitrogen and oxygen atoms in total. The van der Waals surface area contributed by atoms with Crippen LogP contribution in [0.25, 0.3) is 0 Å². The average Bonchev–Trinajstić information content (AvgIpc) is 2.63. The minimum Gasteiger partial charge on any atom is -0.365 e. The molecule has 98 valence electrons. The highest BCUT2D eigenvalue weighted by atomic mass is 32.1. The molecule has 0 aliphatic carbocycles. The smallest absolute Gasteiger partial charge is 0.365 e. The Kier molecular flexibility index (Phi) is 4.91. The molecule has 1 unspecified atom stereocenters. The molecule has 0 aromatic carbocycles. The number of nitrogens with two attached hydrogens (primary N) is 1. The van der Waals surface area contributed by atoms with Crippen LogP contribution in [0.3, 0.4) is 0 Å². The van der Waals surface area contributed by atoms with Gasteiger partial charge >= 0.3 is 6.18 Å². The molecule has 0 amide bonds. The van der Waals surface area contributed by atoms with Crippen LogP contribution in [-0.4, -0.2) is 17.8 Å². The molecule has 1 aromatic heterocycles. The zero-order chi connectivity index (χ0) is 13.1. The molecule has 1 heterocycles. The molecule has 0 aliphatic heterocycles. The Hall–Kier alpha value is -0.660. The molecule has 0 saturated carbocycles. The van der Waals surface area contributed by atoms with Crippen molar-refractivity contribution in [2.45, 2.75) is 32.7 Å². The first-order chi connectivity index (χ1) is 7.79. The van der Waals surface area contributed by atoms with Crippen LogP contribution < -0.4 is 5.73 Å². The Balaban J connectivity index is 2.46. The van der Waals surface area contributed by atoms with E-state index in [2.05, 4.69) is 9.72 Å². The van der Waals surface area contributed by atoms with Crippen molar-refractivity contribution in [1.29, 1.82) is 0 Å². The summed E-state index contributed by atoms with van der Waals surface area (Å²) in [6.45, 7) is 2.54. The molecule has 1 atom stereocenters. The van der Waals surface area contributed by atoms with Crippen LogP contribution in [0.4, 0.5) is 13.2 Å². The number of alkyl halides is 3. The summed E-state index contributed by atoms with van der Waals surface area (Å²) in [4.78, 5) is 4.15. The van der Waals surface area contributed by atoms with E-state index in [4.69, 9.17) is 5.73 Å². The van der Waals surface area contributed by atoms with Crippen molar-refractivity contribution in [3.05, 3.63) is 16.1 Å². The van der Waals surface area contributed by atoms with E-state index in [1.54, 1.807) is 5.38 Å². The number of rotatable bonds is 5. The van der Waals surface area contributed by atoms with Gasteiger partial charge in [-0.2, -0.15) is 13.2 Å². The van der Waals surface area contributed by atoms with E-state index in [1.807, 2.05) is 13.8 Å². The zero-order valence-electron chi connectivity index (χ0n) is 9.62. The van der Waals surface area contributed by atoms with E-state index in [-0.39, 0.29) is 18.6 Å². The van der Waals surface area contributed by atoms with Crippen LogP contribution in [0, 0.1) is 5.92 Å². The lowest BCUT2D eigenvalue weighted by Gasteiger charge is -2.12. The summed E-state index contributed by atoms with van der Waals surface area (Å²) in [6.07, 6.45) is -4.30. The molecule has 0 fully saturated rings. The number of thiazole rings is 1. The third-order valence-electron chi connectivity index (χ3n) is 2.12. The fourth-order valence-electron chi connectivity index (χ4n) is 1.14. The van der Waals surface area contributed by atoms with Crippen LogP contribution in [0.2, 0.25) is 0 Å². The molecular weight excluding hydrogens is 253 g/mol. The minimum atomic E-state index is -4.30. The van der Waals surface area contributed by atoms with Crippen molar-refractivity contribution in [2.75, 3.05) is 6.61 Å². The lowest BCUT2D eigenvalue weighted by atomic mass is 10.0. The average molecular weight is 268 g/mol. The second-order valence-electron chi connectivity index (χ2n) is 4.04. The van der Waals surface area contributed by atoms with E-state index in [0.717, 1.165) is 0 Å². The number of hydrogen-bond acceptors (Lipinski definition) is 4. The Morgan fingerprint density at radius 1 is 1.47 bits per heavy atom. The van der Waals surface area contributed by atoms with Gasteiger partial charge in [-0.05, 0) is 5.92 Å². The maximum absolute atomic E-state index is 11.8. The lowest BCUT2D eigenvalue weighted by Crippen LogP contribution is -2.18. The first kappa shape index (κ1) is 14.4. The summed E-state index contributed by atoms with van der Waals surface area (Å²) in [5.41, 5.74) is 6.58. The minimum absolute atomic E-state index is 0.130. The van der Waals surface area contributed by atoms with Gasteiger partial charge in [0.1, 0.15) is 11.6 Å². The first-order valence-corrected chi connectivity index (χ1v) is 6.02. The van der Waals surface area contributed by atoms with Gasteiger partial charge in [0.05, 0.1) is 18.3 Å². The molecule has 0 radical (unpaired) electrons. The molecule has 0 bridgehead atoms. The maximum Gasteiger partial charge on any atom is 0.411 e. The zero-order valence-corrected chi connectivity index (χ0v) is 10.4. The normalized spacial score (nSPS) is 14.3. The molecular formula is C10H15F3N2OS. The summed E-state index contributed by atoms with van der Waals surface area (Å²) >= 11 is 1.26. The first-order valence-electron chi connectivity index (χ1n) is 5.14. The van der Waals surface area contributed by atoms with Gasteiger partial charge in [-0.3, -0.25) is 0 Å². The number of halogens is 3. The van der Waals surface area contributed by atoms with Crippen LogP contribution in [0.1, 0.15) is 30.6 Å². The van der Waals surface area contributed by atoms with E-state index in [9.17, 15) is 13.2 Å². The highest BCUT2D eigenvalue weighted by molar-refractivity contribution is 7.09. The molecule has 2 N–H and O–H groups in total. The summed E-state index contributed by atoms with van der Waals surface area (Å²) in [5.74, 6) is 0.237. The number of nitrogens with zero attached hydrogens (tertiary/aromatic N) is 1. The third kappa shape index (κ3) is 5.01. The number of ether oxygens (including phenoxy) is 1. The molecule has 1 aromatic rings. The summed E-state index contributed by atoms with van der Waals surface area (Å²) < 4.78 is 40.0. The van der Waals surface area contributed by atoms with Gasteiger partial charge in [-0.15, -0.1) is 11.3 Å². The van der Waals surface area contributed by atoms with Crippen molar-refractivity contribution >= 4 is 11.3 Å². The number of aromatic nitrogens is 1. The van der Waals surface area contributed by atoms with Gasteiger partial charge in [0.2, 0.25) is 0 Å². The van der Waals surface area contributed by atoms with Crippen LogP contribution >= 0.6 is 11.3 Å². The predicted octanol–water partition coefficient (Wildman–Crippen LogP) is 2.88. The van der Waals surface area contributed by atoms with E-state index in [0.29, 0.717) is 10.7 Å². The topological polar surface area (TPSA) is 48.1 Å². The van der Waals surface area contributed by atoms with E-state index < -0.39 is 12.8 Å². The SMILES string of the molecule is CC(C)C(N)c1csc(COCC(F)(F)F)n1. The summed E-state index contributed by atoms with van der Waals surface area (Å²) in [6, 6.07) is -0.192. The van der Waals surface area contributed by atoms with Gasteiger partial charge in [-0.1, -0.05) is 13.8 Å². The van der Waals surface area contributed by atoms with Gasteiger partial charge < -0.3 is 10.5 Å². The second kappa shape index (κ2) is 5.79. The second-order valence-corrected chi connectivity index (χ2v) is 4.99. The monoisotopic (exact) mass is 268 g/mol. The highest BCUT2D eigenvalue weighted by Gasteiger charge is 2.27. The van der Waals surface area contributed by atoms with Gasteiger partial charge in [0, 0.05) is 5.38 Å². The quantitative estimate of drug-likeness (QED) is 0.893. The van der Waals surface area contributed by atoms with Crippen molar-refractivity contribution in [2.24, 2.45) is 11.7 Å². The predicted molar refractivity (Wildman–Crippen MR) is 59.6 cm³/mol.